The average molecular weight is 485 g/mol. The van der Waals surface area contributed by atoms with Gasteiger partial charge >= 0.3 is 5.97 Å². The van der Waals surface area contributed by atoms with Crippen molar-refractivity contribution in [2.75, 3.05) is 29.2 Å². The first-order chi connectivity index (χ1) is 15.0. The fraction of sp³-hybridized carbons (Fsp3) is 0.591. The second kappa shape index (κ2) is 11.7. The van der Waals surface area contributed by atoms with Gasteiger partial charge in [-0.05, 0) is 45.7 Å². The smallest absolute Gasteiger partial charge is 0.319 e. The third-order valence-electron chi connectivity index (χ3n) is 5.43. The molecule has 3 atom stereocenters. The molecule has 0 spiro atoms. The molecule has 32 heavy (non-hydrogen) atoms. The highest BCUT2D eigenvalue weighted by atomic mass is 32.2. The number of thioether (sulfide) groups is 1. The van der Waals surface area contributed by atoms with Gasteiger partial charge < -0.3 is 15.0 Å². The van der Waals surface area contributed by atoms with E-state index >= 15 is 0 Å². The van der Waals surface area contributed by atoms with Gasteiger partial charge in [-0.25, -0.2) is 8.42 Å². The summed E-state index contributed by atoms with van der Waals surface area (Å²) in [6.07, 6.45) is 1.06. The Hall–Kier alpha value is -2.07. The molecule has 0 saturated carbocycles. The lowest BCUT2D eigenvalue weighted by atomic mass is 10.1. The van der Waals surface area contributed by atoms with Crippen LogP contribution in [0.5, 0.6) is 0 Å². The Balaban J connectivity index is 1.82. The van der Waals surface area contributed by atoms with Crippen molar-refractivity contribution in [3.05, 3.63) is 29.8 Å². The molecule has 1 N–H and O–H groups in total. The number of esters is 1. The van der Waals surface area contributed by atoms with Gasteiger partial charge in [0.05, 0.1) is 17.3 Å². The van der Waals surface area contributed by atoms with Crippen LogP contribution >= 0.6 is 11.8 Å². The first kappa shape index (κ1) is 26.2. The van der Waals surface area contributed by atoms with Crippen molar-refractivity contribution < 1.29 is 27.5 Å². The number of carbonyl (C=O) groups excluding carboxylic acids is 3. The molecule has 2 rings (SSSR count). The maximum Gasteiger partial charge on any atom is 0.319 e. The number of nitrogens with one attached hydrogen (secondary N) is 1. The van der Waals surface area contributed by atoms with Crippen molar-refractivity contribution in [1.29, 1.82) is 0 Å². The van der Waals surface area contributed by atoms with Gasteiger partial charge in [-0.3, -0.25) is 14.4 Å². The molecule has 1 heterocycles. The lowest BCUT2D eigenvalue weighted by Gasteiger charge is -2.33. The number of carbonyl (C=O) groups is 3. The van der Waals surface area contributed by atoms with E-state index < -0.39 is 39.6 Å². The number of hydrogen-bond acceptors (Lipinski definition) is 7. The summed E-state index contributed by atoms with van der Waals surface area (Å²) in [4.78, 5) is 38.7. The van der Waals surface area contributed by atoms with E-state index in [1.165, 1.54) is 0 Å². The van der Waals surface area contributed by atoms with Gasteiger partial charge in [-0.15, -0.1) is 11.8 Å². The number of hydrogen-bond donors (Lipinski definition) is 1. The quantitative estimate of drug-likeness (QED) is 0.508. The summed E-state index contributed by atoms with van der Waals surface area (Å²) in [6, 6.07) is 6.85. The Bertz CT molecular complexity index is 917. The lowest BCUT2D eigenvalue weighted by molar-refractivity contribution is -0.153. The molecule has 1 saturated heterocycles. The first-order valence-corrected chi connectivity index (χ1v) is 13.6. The number of nitrogens with zero attached hydrogens (tertiary/aromatic N) is 1. The number of amides is 2. The first-order valence-electron chi connectivity index (χ1n) is 10.7. The third-order valence-corrected chi connectivity index (χ3v) is 8.30. The summed E-state index contributed by atoms with van der Waals surface area (Å²) in [6.45, 7) is 6.90. The van der Waals surface area contributed by atoms with E-state index in [9.17, 15) is 22.8 Å². The maximum atomic E-state index is 12.7. The van der Waals surface area contributed by atoms with Gasteiger partial charge in [0.15, 0.2) is 16.4 Å². The van der Waals surface area contributed by atoms with Gasteiger partial charge in [-0.1, -0.05) is 24.6 Å². The summed E-state index contributed by atoms with van der Waals surface area (Å²) in [5.41, 5.74) is 1.77. The molecule has 1 aliphatic heterocycles. The van der Waals surface area contributed by atoms with E-state index in [1.807, 2.05) is 32.9 Å². The van der Waals surface area contributed by atoms with Crippen molar-refractivity contribution in [3.63, 3.8) is 0 Å². The van der Waals surface area contributed by atoms with Crippen LogP contribution in [0.1, 0.15) is 39.2 Å². The molecule has 0 aliphatic carbocycles. The van der Waals surface area contributed by atoms with E-state index in [1.54, 1.807) is 24.0 Å². The van der Waals surface area contributed by atoms with Crippen LogP contribution in [0, 0.1) is 6.92 Å². The van der Waals surface area contributed by atoms with Crippen molar-refractivity contribution in [2.45, 2.75) is 57.9 Å². The highest BCUT2D eigenvalue weighted by Gasteiger charge is 2.36. The van der Waals surface area contributed by atoms with Gasteiger partial charge in [0.2, 0.25) is 5.91 Å². The van der Waals surface area contributed by atoms with Crippen LogP contribution in [-0.2, 0) is 29.0 Å². The standard InChI is InChI=1S/C22H32N2O6S2/c1-5-16(3)24(19-10-11-32(28,29)14-19)21(26)12-30-22(27)17(4)31-13-20(25)23-18-8-6-15(2)7-9-18/h6-9,16-17,19H,5,10-14H2,1-4H3,(H,23,25)/t16-,17-,19-/m0/s1. The van der Waals surface area contributed by atoms with E-state index in [0.717, 1.165) is 17.3 Å². The molecule has 10 heteroatoms. The Morgan fingerprint density at radius 3 is 2.44 bits per heavy atom. The molecule has 0 aromatic heterocycles. The summed E-state index contributed by atoms with van der Waals surface area (Å²) < 4.78 is 28.8. The van der Waals surface area contributed by atoms with Crippen LogP contribution in [0.4, 0.5) is 5.69 Å². The Labute approximate surface area is 194 Å². The number of aryl methyl sites for hydroxylation is 1. The predicted octanol–water partition coefficient (Wildman–Crippen LogP) is 2.41. The van der Waals surface area contributed by atoms with E-state index in [0.29, 0.717) is 18.5 Å². The molecule has 0 unspecified atom stereocenters. The molecule has 1 aromatic rings. The zero-order chi connectivity index (χ0) is 23.9. The van der Waals surface area contributed by atoms with Crippen molar-refractivity contribution in [2.24, 2.45) is 0 Å². The topological polar surface area (TPSA) is 110 Å². The van der Waals surface area contributed by atoms with Crippen LogP contribution in [0.15, 0.2) is 24.3 Å². The summed E-state index contributed by atoms with van der Waals surface area (Å²) >= 11 is 1.12. The van der Waals surface area contributed by atoms with Crippen molar-refractivity contribution in [1.82, 2.24) is 4.90 Å². The second-order valence-corrected chi connectivity index (χ2v) is 11.6. The maximum absolute atomic E-state index is 12.7. The molecule has 8 nitrogen and oxygen atoms in total. The predicted molar refractivity (Wildman–Crippen MR) is 126 cm³/mol. The highest BCUT2D eigenvalue weighted by molar-refractivity contribution is 8.01. The van der Waals surface area contributed by atoms with E-state index in [-0.39, 0.29) is 29.2 Å². The monoisotopic (exact) mass is 484 g/mol. The van der Waals surface area contributed by atoms with Crippen LogP contribution in [0.3, 0.4) is 0 Å². The second-order valence-electron chi connectivity index (χ2n) is 8.09. The minimum atomic E-state index is -3.14. The lowest BCUT2D eigenvalue weighted by Crippen LogP contribution is -2.48. The van der Waals surface area contributed by atoms with Crippen molar-refractivity contribution >= 4 is 45.1 Å². The minimum absolute atomic E-state index is 0.0562. The van der Waals surface area contributed by atoms with Gasteiger partial charge in [0.25, 0.3) is 5.91 Å². The molecule has 2 amide bonds. The van der Waals surface area contributed by atoms with Crippen molar-refractivity contribution in [3.8, 4) is 0 Å². The average Bonchev–Trinajstić information content (AvgIpc) is 3.10. The molecule has 178 valence electrons. The van der Waals surface area contributed by atoms with Gasteiger partial charge in [0.1, 0.15) is 5.25 Å². The van der Waals surface area contributed by atoms with E-state index in [4.69, 9.17) is 4.74 Å². The Kier molecular flexibility index (Phi) is 9.57. The number of benzene rings is 1. The molecule has 1 aromatic carbocycles. The van der Waals surface area contributed by atoms with Gasteiger partial charge in [0, 0.05) is 17.8 Å². The highest BCUT2D eigenvalue weighted by Crippen LogP contribution is 2.22. The van der Waals surface area contributed by atoms with Crippen LogP contribution in [0.2, 0.25) is 0 Å². The molecule has 1 aliphatic rings. The zero-order valence-corrected chi connectivity index (χ0v) is 20.6. The molecule has 1 fully saturated rings. The van der Waals surface area contributed by atoms with Crippen LogP contribution in [0.25, 0.3) is 0 Å². The van der Waals surface area contributed by atoms with Gasteiger partial charge in [-0.2, -0.15) is 0 Å². The Morgan fingerprint density at radius 2 is 1.88 bits per heavy atom. The summed E-state index contributed by atoms with van der Waals surface area (Å²) in [7, 11) is -3.14. The number of rotatable bonds is 10. The fourth-order valence-corrected chi connectivity index (χ4v) is 5.82. The number of anilines is 1. The summed E-state index contributed by atoms with van der Waals surface area (Å²) in [5.74, 6) is -1.15. The van der Waals surface area contributed by atoms with Crippen LogP contribution < -0.4 is 5.32 Å². The SMILES string of the molecule is CC[C@H](C)N(C(=O)COC(=O)[C@H](C)SCC(=O)Nc1ccc(C)cc1)[C@H]1CCS(=O)(=O)C1. The molecular weight excluding hydrogens is 452 g/mol. The molecule has 0 bridgehead atoms. The number of sulfone groups is 1. The third kappa shape index (κ3) is 7.81. The number of ether oxygens (including phenoxy) is 1. The zero-order valence-electron chi connectivity index (χ0n) is 19.0. The normalized spacial score (nSPS) is 19.1. The largest absolute Gasteiger partial charge is 0.455 e. The molecular formula is C22H32N2O6S2. The minimum Gasteiger partial charge on any atom is -0.455 e. The van der Waals surface area contributed by atoms with E-state index in [2.05, 4.69) is 5.32 Å². The van der Waals surface area contributed by atoms with Crippen LogP contribution in [-0.4, -0.2) is 72.3 Å². The summed E-state index contributed by atoms with van der Waals surface area (Å²) in [5, 5.41) is 2.13. The Morgan fingerprint density at radius 1 is 1.22 bits per heavy atom. The molecule has 0 radical (unpaired) electrons. The fourth-order valence-electron chi connectivity index (χ4n) is 3.43.